The third-order valence-electron chi connectivity index (χ3n) is 1.76. The van der Waals surface area contributed by atoms with Crippen molar-refractivity contribution < 1.29 is 0 Å². The molecule has 0 unspecified atom stereocenters. The number of nitrogens with one attached hydrogen (secondary N) is 1. The minimum Gasteiger partial charge on any atom is -0.372 e. The Morgan fingerprint density at radius 3 is 2.79 bits per heavy atom. The van der Waals surface area contributed by atoms with Gasteiger partial charge in [-0.2, -0.15) is 0 Å². The molecule has 0 atom stereocenters. The molecule has 0 aromatic carbocycles. The second-order valence-corrected chi connectivity index (χ2v) is 4.02. The highest BCUT2D eigenvalue weighted by atomic mass is 32.1. The van der Waals surface area contributed by atoms with E-state index in [1.165, 1.54) is 0 Å². The van der Waals surface area contributed by atoms with Crippen molar-refractivity contribution in [3.8, 4) is 10.6 Å². The number of aromatic nitrogens is 3. The molecule has 14 heavy (non-hydrogen) atoms. The van der Waals surface area contributed by atoms with Crippen LogP contribution in [0.4, 0.5) is 5.82 Å². The third kappa shape index (κ3) is 1.72. The lowest BCUT2D eigenvalue weighted by atomic mass is 10.4. The van der Waals surface area contributed by atoms with Crippen LogP contribution in [0.2, 0.25) is 0 Å². The molecule has 0 radical (unpaired) electrons. The van der Waals surface area contributed by atoms with E-state index >= 15 is 0 Å². The van der Waals surface area contributed by atoms with E-state index in [4.69, 9.17) is 0 Å². The minimum absolute atomic E-state index is 0.772. The van der Waals surface area contributed by atoms with E-state index in [0.717, 1.165) is 21.4 Å². The molecule has 0 aliphatic carbocycles. The lowest BCUT2D eigenvalue weighted by Crippen LogP contribution is -1.93. The first-order chi connectivity index (χ1) is 6.79. The zero-order valence-electron chi connectivity index (χ0n) is 7.98. The van der Waals surface area contributed by atoms with Crippen LogP contribution in [-0.2, 0) is 0 Å². The lowest BCUT2D eigenvalue weighted by Gasteiger charge is -1.99. The van der Waals surface area contributed by atoms with E-state index in [0.29, 0.717) is 0 Å². The molecule has 0 saturated heterocycles. The number of hydrogen-bond donors (Lipinski definition) is 1. The normalized spacial score (nSPS) is 10.1. The van der Waals surface area contributed by atoms with Crippen molar-refractivity contribution in [1.29, 1.82) is 0 Å². The predicted octanol–water partition coefficient (Wildman–Crippen LogP) is 1.95. The fourth-order valence-electron chi connectivity index (χ4n) is 1.08. The molecule has 2 aromatic rings. The molecule has 4 nitrogen and oxygen atoms in total. The molecule has 2 heterocycles. The molecule has 1 N–H and O–H groups in total. The number of nitrogens with zero attached hydrogens (tertiary/aromatic N) is 3. The Balaban J connectivity index is 2.41. The van der Waals surface area contributed by atoms with Gasteiger partial charge in [-0.25, -0.2) is 9.97 Å². The highest BCUT2D eigenvalue weighted by Crippen LogP contribution is 2.23. The molecule has 72 valence electrons. The first-order valence-electron chi connectivity index (χ1n) is 4.22. The monoisotopic (exact) mass is 206 g/mol. The first-order valence-corrected chi connectivity index (χ1v) is 5.04. The van der Waals surface area contributed by atoms with Crippen molar-refractivity contribution in [1.82, 2.24) is 15.0 Å². The van der Waals surface area contributed by atoms with Crippen LogP contribution in [0, 0.1) is 6.92 Å². The third-order valence-corrected chi connectivity index (χ3v) is 2.70. The van der Waals surface area contributed by atoms with Crippen molar-refractivity contribution in [2.45, 2.75) is 6.92 Å². The summed E-state index contributed by atoms with van der Waals surface area (Å²) in [5.41, 5.74) is 0.863. The molecule has 0 saturated carbocycles. The number of hydrogen-bond acceptors (Lipinski definition) is 5. The molecule has 2 rings (SSSR count). The highest BCUT2D eigenvalue weighted by Gasteiger charge is 2.04. The Labute approximate surface area is 86.1 Å². The lowest BCUT2D eigenvalue weighted by molar-refractivity contribution is 1.19. The van der Waals surface area contributed by atoms with E-state index in [2.05, 4.69) is 20.3 Å². The maximum Gasteiger partial charge on any atom is 0.145 e. The second-order valence-electron chi connectivity index (χ2n) is 2.78. The minimum atomic E-state index is 0.772. The van der Waals surface area contributed by atoms with Gasteiger partial charge in [0, 0.05) is 13.2 Å². The van der Waals surface area contributed by atoms with Gasteiger partial charge < -0.3 is 5.32 Å². The summed E-state index contributed by atoms with van der Waals surface area (Å²) in [5.74, 6) is 0.772. The number of aryl methyl sites for hydroxylation is 1. The van der Waals surface area contributed by atoms with E-state index in [1.807, 2.05) is 20.2 Å². The van der Waals surface area contributed by atoms with Crippen LogP contribution < -0.4 is 5.32 Å². The van der Waals surface area contributed by atoms with E-state index < -0.39 is 0 Å². The van der Waals surface area contributed by atoms with E-state index in [-0.39, 0.29) is 0 Å². The van der Waals surface area contributed by atoms with Gasteiger partial charge in [-0.15, -0.1) is 11.3 Å². The van der Waals surface area contributed by atoms with Crippen molar-refractivity contribution in [3.05, 3.63) is 23.6 Å². The van der Waals surface area contributed by atoms with Crippen LogP contribution in [0.3, 0.4) is 0 Å². The van der Waals surface area contributed by atoms with Crippen molar-refractivity contribution in [3.63, 3.8) is 0 Å². The Morgan fingerprint density at radius 2 is 2.14 bits per heavy atom. The topological polar surface area (TPSA) is 50.7 Å². The summed E-state index contributed by atoms with van der Waals surface area (Å²) in [6.45, 7) is 1.98. The van der Waals surface area contributed by atoms with Gasteiger partial charge >= 0.3 is 0 Å². The average Bonchev–Trinajstić information content (AvgIpc) is 2.65. The quantitative estimate of drug-likeness (QED) is 0.816. The van der Waals surface area contributed by atoms with Crippen LogP contribution in [0.1, 0.15) is 5.01 Å². The summed E-state index contributed by atoms with van der Waals surface area (Å²) in [6.07, 6.45) is 5.26. The second kappa shape index (κ2) is 3.71. The van der Waals surface area contributed by atoms with Gasteiger partial charge in [0.1, 0.15) is 11.5 Å². The van der Waals surface area contributed by atoms with Crippen LogP contribution >= 0.6 is 11.3 Å². The van der Waals surface area contributed by atoms with Gasteiger partial charge in [0.2, 0.25) is 0 Å². The molecular weight excluding hydrogens is 196 g/mol. The van der Waals surface area contributed by atoms with Crippen LogP contribution in [-0.4, -0.2) is 22.0 Å². The van der Waals surface area contributed by atoms with Gasteiger partial charge in [-0.05, 0) is 6.92 Å². The molecule has 0 aliphatic heterocycles. The van der Waals surface area contributed by atoms with Crippen LogP contribution in [0.15, 0.2) is 18.6 Å². The van der Waals surface area contributed by atoms with Crippen LogP contribution in [0.25, 0.3) is 10.6 Å². The summed E-state index contributed by atoms with van der Waals surface area (Å²) in [6, 6.07) is 0. The van der Waals surface area contributed by atoms with Crippen molar-refractivity contribution in [2.75, 3.05) is 12.4 Å². The summed E-state index contributed by atoms with van der Waals surface area (Å²) in [4.78, 5) is 13.7. The van der Waals surface area contributed by atoms with Crippen LogP contribution in [0.5, 0.6) is 0 Å². The highest BCUT2D eigenvalue weighted by molar-refractivity contribution is 7.15. The summed E-state index contributed by atoms with van der Waals surface area (Å²) >= 11 is 1.62. The Kier molecular flexibility index (Phi) is 2.41. The zero-order chi connectivity index (χ0) is 9.97. The summed E-state index contributed by atoms with van der Waals surface area (Å²) in [7, 11) is 1.83. The fraction of sp³-hybridized carbons (Fsp3) is 0.222. The number of anilines is 1. The molecule has 0 aliphatic rings. The van der Waals surface area contributed by atoms with Gasteiger partial charge in [0.05, 0.1) is 22.3 Å². The average molecular weight is 206 g/mol. The Hall–Kier alpha value is -1.49. The molecule has 0 spiro atoms. The molecule has 0 bridgehead atoms. The maximum atomic E-state index is 4.37. The summed E-state index contributed by atoms with van der Waals surface area (Å²) in [5, 5.41) is 3.99. The first kappa shape index (κ1) is 9.08. The Morgan fingerprint density at radius 1 is 1.29 bits per heavy atom. The molecule has 5 heteroatoms. The molecule has 0 fully saturated rings. The molecule has 0 amide bonds. The number of rotatable bonds is 2. The van der Waals surface area contributed by atoms with Gasteiger partial charge in [0.15, 0.2) is 0 Å². The largest absolute Gasteiger partial charge is 0.372 e. The van der Waals surface area contributed by atoms with Gasteiger partial charge in [0.25, 0.3) is 0 Å². The number of thiazole rings is 1. The molecular formula is C9H10N4S. The molecule has 2 aromatic heterocycles. The smallest absolute Gasteiger partial charge is 0.145 e. The van der Waals surface area contributed by atoms with Gasteiger partial charge in [-0.1, -0.05) is 0 Å². The maximum absolute atomic E-state index is 4.37. The SMILES string of the molecule is CNc1cncc(-c2cnc(C)s2)n1. The van der Waals surface area contributed by atoms with E-state index in [9.17, 15) is 0 Å². The van der Waals surface area contributed by atoms with Gasteiger partial charge in [-0.3, -0.25) is 4.98 Å². The van der Waals surface area contributed by atoms with Crippen molar-refractivity contribution in [2.24, 2.45) is 0 Å². The summed E-state index contributed by atoms with van der Waals surface area (Å²) < 4.78 is 0. The van der Waals surface area contributed by atoms with Crippen molar-refractivity contribution >= 4 is 17.2 Å². The fourth-order valence-corrected chi connectivity index (χ4v) is 1.82. The predicted molar refractivity (Wildman–Crippen MR) is 57.4 cm³/mol. The zero-order valence-corrected chi connectivity index (χ0v) is 8.80. The van der Waals surface area contributed by atoms with E-state index in [1.54, 1.807) is 23.7 Å². The standard InChI is InChI=1S/C9H10N4S/c1-6-12-4-8(14-6)7-3-11-5-9(10-2)13-7/h3-5H,1-2H3,(H,10,13). The Bertz CT molecular complexity index is 438.